The van der Waals surface area contributed by atoms with Gasteiger partial charge in [0.15, 0.2) is 0 Å². The van der Waals surface area contributed by atoms with E-state index in [1.54, 1.807) is 17.0 Å². The van der Waals surface area contributed by atoms with Gasteiger partial charge in [-0.1, -0.05) is 35.9 Å². The number of carbonyl (C=O) groups excluding carboxylic acids is 1. The highest BCUT2D eigenvalue weighted by atomic mass is 35.5. The number of nitrogens with one attached hydrogen (secondary N) is 1. The summed E-state index contributed by atoms with van der Waals surface area (Å²) in [6.45, 7) is 0.558. The zero-order valence-electron chi connectivity index (χ0n) is 13.2. The molecule has 2 rings (SSSR count). The number of rotatable bonds is 6. The van der Waals surface area contributed by atoms with Gasteiger partial charge in [-0.3, -0.25) is 4.79 Å². The van der Waals surface area contributed by atoms with Gasteiger partial charge in [-0.2, -0.15) is 0 Å². The molecule has 0 aliphatic heterocycles. The van der Waals surface area contributed by atoms with E-state index in [1.165, 1.54) is 0 Å². The van der Waals surface area contributed by atoms with Gasteiger partial charge in [0, 0.05) is 26.2 Å². The number of nitrogens with zero attached hydrogens (tertiary/aromatic N) is 2. The van der Waals surface area contributed by atoms with Crippen molar-refractivity contribution in [2.45, 2.75) is 13.0 Å². The number of hydrogen-bond donors (Lipinski definition) is 2. The Labute approximate surface area is 140 Å². The highest BCUT2D eigenvalue weighted by molar-refractivity contribution is 6.29. The summed E-state index contributed by atoms with van der Waals surface area (Å²) in [5.74, 6) is 0.464. The molecule has 0 aliphatic rings. The second-order valence-electron chi connectivity index (χ2n) is 5.41. The molecule has 0 bridgehead atoms. The van der Waals surface area contributed by atoms with E-state index >= 15 is 0 Å². The van der Waals surface area contributed by atoms with Crippen molar-refractivity contribution in [1.29, 1.82) is 0 Å². The van der Waals surface area contributed by atoms with E-state index in [0.717, 1.165) is 17.5 Å². The minimum absolute atomic E-state index is 0.0357. The number of anilines is 1. The Morgan fingerprint density at radius 3 is 2.48 bits per heavy atom. The van der Waals surface area contributed by atoms with Gasteiger partial charge in [0.2, 0.25) is 0 Å². The van der Waals surface area contributed by atoms with Crippen LogP contribution in [0.3, 0.4) is 0 Å². The Bertz CT molecular complexity index is 672. The van der Waals surface area contributed by atoms with Crippen LogP contribution in [-0.2, 0) is 13.0 Å². The summed E-state index contributed by atoms with van der Waals surface area (Å²) in [6.07, 6.45) is 0.719. The average molecular weight is 334 g/mol. The molecule has 0 spiro atoms. The molecule has 5 nitrogen and oxygen atoms in total. The van der Waals surface area contributed by atoms with Gasteiger partial charge < -0.3 is 15.3 Å². The van der Waals surface area contributed by atoms with Crippen molar-refractivity contribution in [3.8, 4) is 0 Å². The molecule has 6 heteroatoms. The van der Waals surface area contributed by atoms with Crippen LogP contribution in [0.1, 0.15) is 21.5 Å². The molecular formula is C17H20ClN3O2. The first kappa shape index (κ1) is 17.2. The lowest BCUT2D eigenvalue weighted by Crippen LogP contribution is -2.26. The topological polar surface area (TPSA) is 65.5 Å². The number of amides is 1. The molecule has 0 atom stereocenters. The molecule has 0 saturated carbocycles. The number of aromatic nitrogens is 1. The summed E-state index contributed by atoms with van der Waals surface area (Å²) in [6, 6.07) is 10.9. The van der Waals surface area contributed by atoms with Gasteiger partial charge >= 0.3 is 0 Å². The Kier molecular flexibility index (Phi) is 5.96. The van der Waals surface area contributed by atoms with E-state index in [-0.39, 0.29) is 12.5 Å². The first-order valence-corrected chi connectivity index (χ1v) is 7.69. The van der Waals surface area contributed by atoms with Gasteiger partial charge in [0.05, 0.1) is 6.61 Å². The molecule has 1 amide bonds. The lowest BCUT2D eigenvalue weighted by atomic mass is 10.1. The molecule has 0 saturated heterocycles. The third-order valence-electron chi connectivity index (χ3n) is 3.41. The van der Waals surface area contributed by atoms with Crippen molar-refractivity contribution in [2.24, 2.45) is 0 Å². The highest BCUT2D eigenvalue weighted by Gasteiger charge is 2.10. The van der Waals surface area contributed by atoms with Crippen LogP contribution in [0.15, 0.2) is 36.4 Å². The van der Waals surface area contributed by atoms with Crippen molar-refractivity contribution >= 4 is 23.3 Å². The molecule has 1 aromatic carbocycles. The van der Waals surface area contributed by atoms with Crippen molar-refractivity contribution in [3.05, 3.63) is 58.2 Å². The van der Waals surface area contributed by atoms with Gasteiger partial charge in [0.1, 0.15) is 11.0 Å². The average Bonchev–Trinajstić information content (AvgIpc) is 2.54. The van der Waals surface area contributed by atoms with Crippen molar-refractivity contribution in [3.63, 3.8) is 0 Å². The molecule has 2 aromatic rings. The number of aliphatic hydroxyl groups is 1. The summed E-state index contributed by atoms with van der Waals surface area (Å²) < 4.78 is 0. The molecule has 1 heterocycles. The van der Waals surface area contributed by atoms with Gasteiger partial charge in [-0.15, -0.1) is 0 Å². The van der Waals surface area contributed by atoms with E-state index in [9.17, 15) is 4.79 Å². The molecule has 23 heavy (non-hydrogen) atoms. The van der Waals surface area contributed by atoms with E-state index in [0.29, 0.717) is 23.1 Å². The number of carbonyl (C=O) groups is 1. The molecule has 0 radical (unpaired) electrons. The summed E-state index contributed by atoms with van der Waals surface area (Å²) in [5.41, 5.74) is 2.47. The number of aliphatic hydroxyl groups excluding tert-OH is 1. The van der Waals surface area contributed by atoms with Crippen LogP contribution in [-0.4, -0.2) is 36.6 Å². The van der Waals surface area contributed by atoms with Gasteiger partial charge in [0.25, 0.3) is 5.91 Å². The maximum atomic E-state index is 12.2. The fourth-order valence-corrected chi connectivity index (χ4v) is 2.28. The maximum absolute atomic E-state index is 12.2. The Morgan fingerprint density at radius 2 is 1.87 bits per heavy atom. The number of pyridine rings is 1. The summed E-state index contributed by atoms with van der Waals surface area (Å²) in [5, 5.41) is 12.2. The predicted molar refractivity (Wildman–Crippen MR) is 92.0 cm³/mol. The number of halogens is 1. The van der Waals surface area contributed by atoms with Crippen LogP contribution in [0, 0.1) is 0 Å². The maximum Gasteiger partial charge on any atom is 0.251 e. The van der Waals surface area contributed by atoms with Gasteiger partial charge in [-0.25, -0.2) is 4.98 Å². The lowest BCUT2D eigenvalue weighted by Gasteiger charge is -2.13. The summed E-state index contributed by atoms with van der Waals surface area (Å²) in [7, 11) is 3.69. The molecule has 2 N–H and O–H groups in total. The second-order valence-corrected chi connectivity index (χ2v) is 5.80. The third-order valence-corrected chi connectivity index (χ3v) is 3.60. The third kappa shape index (κ3) is 4.94. The van der Waals surface area contributed by atoms with Crippen molar-refractivity contribution in [1.82, 2.24) is 10.3 Å². The summed E-state index contributed by atoms with van der Waals surface area (Å²) in [4.78, 5) is 18.2. The van der Waals surface area contributed by atoms with Crippen LogP contribution < -0.4 is 10.2 Å². The highest BCUT2D eigenvalue weighted by Crippen LogP contribution is 2.16. The SMILES string of the molecule is CN(C)c1cc(C(=O)NCCc2ccc(CO)cc2)cc(Cl)n1. The van der Waals surface area contributed by atoms with E-state index in [4.69, 9.17) is 16.7 Å². The zero-order valence-corrected chi connectivity index (χ0v) is 14.0. The number of benzene rings is 1. The molecule has 1 aromatic heterocycles. The fraction of sp³-hybridized carbons (Fsp3) is 0.294. The lowest BCUT2D eigenvalue weighted by molar-refractivity contribution is 0.0954. The van der Waals surface area contributed by atoms with Crippen LogP contribution in [0.2, 0.25) is 5.15 Å². The molecule has 122 valence electrons. The van der Waals surface area contributed by atoms with Crippen LogP contribution in [0.4, 0.5) is 5.82 Å². The molecular weight excluding hydrogens is 314 g/mol. The Hall–Kier alpha value is -2.11. The van der Waals surface area contributed by atoms with Crippen LogP contribution >= 0.6 is 11.6 Å². The smallest absolute Gasteiger partial charge is 0.251 e. The zero-order chi connectivity index (χ0) is 16.8. The van der Waals surface area contributed by atoms with Crippen LogP contribution in [0.25, 0.3) is 0 Å². The quantitative estimate of drug-likeness (QED) is 0.796. The fourth-order valence-electron chi connectivity index (χ4n) is 2.08. The van der Waals surface area contributed by atoms with E-state index in [1.807, 2.05) is 38.4 Å². The minimum Gasteiger partial charge on any atom is -0.392 e. The second kappa shape index (κ2) is 7.94. The largest absolute Gasteiger partial charge is 0.392 e. The number of hydrogen-bond acceptors (Lipinski definition) is 4. The summed E-state index contributed by atoms with van der Waals surface area (Å²) >= 11 is 5.96. The Balaban J connectivity index is 1.94. The molecule has 0 aliphatic carbocycles. The first-order chi connectivity index (χ1) is 11.0. The van der Waals surface area contributed by atoms with E-state index in [2.05, 4.69) is 10.3 Å². The minimum atomic E-state index is -0.177. The molecule has 0 fully saturated rings. The van der Waals surface area contributed by atoms with Crippen molar-refractivity contribution < 1.29 is 9.90 Å². The van der Waals surface area contributed by atoms with Gasteiger partial charge in [-0.05, 0) is 29.7 Å². The Morgan fingerprint density at radius 1 is 1.22 bits per heavy atom. The molecule has 0 unspecified atom stereocenters. The monoisotopic (exact) mass is 333 g/mol. The van der Waals surface area contributed by atoms with Crippen molar-refractivity contribution in [2.75, 3.05) is 25.5 Å². The van der Waals surface area contributed by atoms with Crippen LogP contribution in [0.5, 0.6) is 0 Å². The standard InChI is InChI=1S/C17H20ClN3O2/c1-21(2)16-10-14(9-15(18)20-16)17(23)19-8-7-12-3-5-13(11-22)6-4-12/h3-6,9-10,22H,7-8,11H2,1-2H3,(H,19,23). The normalized spacial score (nSPS) is 10.4. The van der Waals surface area contributed by atoms with E-state index < -0.39 is 0 Å². The first-order valence-electron chi connectivity index (χ1n) is 7.31. The predicted octanol–water partition coefficient (Wildman–Crippen LogP) is 2.27.